The van der Waals surface area contributed by atoms with Crippen LogP contribution in [0.4, 0.5) is 0 Å². The molecule has 2 aliphatic rings. The van der Waals surface area contributed by atoms with Crippen LogP contribution in [0.3, 0.4) is 0 Å². The topological polar surface area (TPSA) is 44.5 Å². The number of ether oxygens (including phenoxy) is 2. The summed E-state index contributed by atoms with van der Waals surface area (Å²) in [5, 5.41) is 0. The first-order chi connectivity index (χ1) is 8.24. The number of nitrogens with two attached hydrogens (primary N) is 1. The Kier molecular flexibility index (Phi) is 2.51. The molecule has 0 saturated heterocycles. The normalized spacial score (nSPS) is 21.1. The van der Waals surface area contributed by atoms with Gasteiger partial charge in [-0.15, -0.1) is 0 Å². The van der Waals surface area contributed by atoms with E-state index in [1.165, 1.54) is 24.0 Å². The van der Waals surface area contributed by atoms with Crippen LogP contribution in [0.2, 0.25) is 0 Å². The molecule has 0 radical (unpaired) electrons. The lowest BCUT2D eigenvalue weighted by molar-refractivity contribution is 0.326. The second-order valence-electron chi connectivity index (χ2n) is 5.08. The SMILES string of the molecule is COc1ccc(C2(N)CCCC2)c2c1OCC2. The summed E-state index contributed by atoms with van der Waals surface area (Å²) < 4.78 is 11.0. The number of hydrogen-bond donors (Lipinski definition) is 1. The van der Waals surface area contributed by atoms with E-state index in [4.69, 9.17) is 15.2 Å². The van der Waals surface area contributed by atoms with E-state index in [2.05, 4.69) is 6.07 Å². The van der Waals surface area contributed by atoms with Crippen molar-refractivity contribution in [1.29, 1.82) is 0 Å². The lowest BCUT2D eigenvalue weighted by Gasteiger charge is -2.26. The van der Waals surface area contributed by atoms with Crippen LogP contribution in [0.1, 0.15) is 36.8 Å². The minimum Gasteiger partial charge on any atom is -0.493 e. The maximum Gasteiger partial charge on any atom is 0.164 e. The van der Waals surface area contributed by atoms with Crippen molar-refractivity contribution in [2.75, 3.05) is 13.7 Å². The summed E-state index contributed by atoms with van der Waals surface area (Å²) in [5.41, 5.74) is 8.97. The molecule has 3 nitrogen and oxygen atoms in total. The van der Waals surface area contributed by atoms with Crippen molar-refractivity contribution in [3.05, 3.63) is 23.3 Å². The number of fused-ring (bicyclic) bond motifs is 1. The van der Waals surface area contributed by atoms with E-state index in [-0.39, 0.29) is 5.54 Å². The molecule has 0 amide bonds. The predicted molar refractivity (Wildman–Crippen MR) is 66.5 cm³/mol. The van der Waals surface area contributed by atoms with Crippen molar-refractivity contribution in [1.82, 2.24) is 0 Å². The summed E-state index contributed by atoms with van der Waals surface area (Å²) in [6.45, 7) is 0.749. The molecule has 3 rings (SSSR count). The average molecular weight is 233 g/mol. The highest BCUT2D eigenvalue weighted by atomic mass is 16.5. The zero-order valence-corrected chi connectivity index (χ0v) is 10.3. The van der Waals surface area contributed by atoms with Crippen LogP contribution in [0.25, 0.3) is 0 Å². The highest BCUT2D eigenvalue weighted by molar-refractivity contribution is 5.54. The lowest BCUT2D eigenvalue weighted by Crippen LogP contribution is -2.34. The van der Waals surface area contributed by atoms with Crippen molar-refractivity contribution < 1.29 is 9.47 Å². The maximum absolute atomic E-state index is 6.55. The molecule has 3 heteroatoms. The van der Waals surface area contributed by atoms with Gasteiger partial charge in [-0.05, 0) is 24.5 Å². The first kappa shape index (κ1) is 10.9. The van der Waals surface area contributed by atoms with Crippen LogP contribution in [0.15, 0.2) is 12.1 Å². The third-order valence-corrected chi connectivity index (χ3v) is 4.07. The summed E-state index contributed by atoms with van der Waals surface area (Å²) in [6, 6.07) is 4.13. The fourth-order valence-corrected chi connectivity index (χ4v) is 3.17. The Morgan fingerprint density at radius 1 is 1.29 bits per heavy atom. The molecule has 1 fully saturated rings. The molecule has 1 heterocycles. The molecular weight excluding hydrogens is 214 g/mol. The molecule has 0 atom stereocenters. The van der Waals surface area contributed by atoms with Gasteiger partial charge in [0.1, 0.15) is 0 Å². The fourth-order valence-electron chi connectivity index (χ4n) is 3.17. The zero-order valence-electron chi connectivity index (χ0n) is 10.3. The van der Waals surface area contributed by atoms with Gasteiger partial charge in [-0.3, -0.25) is 0 Å². The van der Waals surface area contributed by atoms with Crippen molar-refractivity contribution in [2.45, 2.75) is 37.6 Å². The van der Waals surface area contributed by atoms with Gasteiger partial charge in [0.05, 0.1) is 13.7 Å². The third-order valence-electron chi connectivity index (χ3n) is 4.07. The third kappa shape index (κ3) is 1.61. The van der Waals surface area contributed by atoms with Gasteiger partial charge in [0.25, 0.3) is 0 Å². The predicted octanol–water partition coefficient (Wildman–Crippen LogP) is 2.36. The van der Waals surface area contributed by atoms with Crippen molar-refractivity contribution in [3.8, 4) is 11.5 Å². The van der Waals surface area contributed by atoms with Gasteiger partial charge in [0, 0.05) is 17.5 Å². The zero-order chi connectivity index (χ0) is 11.9. The number of rotatable bonds is 2. The van der Waals surface area contributed by atoms with Gasteiger partial charge >= 0.3 is 0 Å². The summed E-state index contributed by atoms with van der Waals surface area (Å²) in [6.07, 6.45) is 5.61. The monoisotopic (exact) mass is 233 g/mol. The number of methoxy groups -OCH3 is 1. The first-order valence-electron chi connectivity index (χ1n) is 6.37. The highest BCUT2D eigenvalue weighted by Gasteiger charge is 2.35. The fraction of sp³-hybridized carbons (Fsp3) is 0.571. The van der Waals surface area contributed by atoms with E-state index in [0.717, 1.165) is 37.4 Å². The molecule has 92 valence electrons. The molecule has 0 aromatic heterocycles. The van der Waals surface area contributed by atoms with E-state index < -0.39 is 0 Å². The summed E-state index contributed by atoms with van der Waals surface area (Å²) in [7, 11) is 1.69. The van der Waals surface area contributed by atoms with Crippen LogP contribution in [0.5, 0.6) is 11.5 Å². The molecule has 0 spiro atoms. The second kappa shape index (κ2) is 3.91. The largest absolute Gasteiger partial charge is 0.493 e. The van der Waals surface area contributed by atoms with Gasteiger partial charge in [-0.2, -0.15) is 0 Å². The Labute approximate surface area is 102 Å². The smallest absolute Gasteiger partial charge is 0.164 e. The van der Waals surface area contributed by atoms with E-state index in [1.807, 2.05) is 6.07 Å². The Morgan fingerprint density at radius 2 is 2.06 bits per heavy atom. The molecule has 17 heavy (non-hydrogen) atoms. The minimum atomic E-state index is -0.135. The molecule has 0 bridgehead atoms. The van der Waals surface area contributed by atoms with Gasteiger partial charge in [-0.1, -0.05) is 18.9 Å². The van der Waals surface area contributed by atoms with Gasteiger partial charge in [0.15, 0.2) is 11.5 Å². The standard InChI is InChI=1S/C14H19NO2/c1-16-12-5-4-11(10-6-9-17-13(10)12)14(15)7-2-3-8-14/h4-5H,2-3,6-9,15H2,1H3. The van der Waals surface area contributed by atoms with E-state index >= 15 is 0 Å². The lowest BCUT2D eigenvalue weighted by atomic mass is 9.85. The van der Waals surface area contributed by atoms with Crippen LogP contribution in [-0.2, 0) is 12.0 Å². The number of benzene rings is 1. The Bertz CT molecular complexity index is 436. The van der Waals surface area contributed by atoms with Crippen LogP contribution in [0, 0.1) is 0 Å². The molecular formula is C14H19NO2. The van der Waals surface area contributed by atoms with E-state index in [9.17, 15) is 0 Å². The maximum atomic E-state index is 6.55. The van der Waals surface area contributed by atoms with E-state index in [0.29, 0.717) is 0 Å². The van der Waals surface area contributed by atoms with E-state index in [1.54, 1.807) is 7.11 Å². The van der Waals surface area contributed by atoms with Crippen molar-refractivity contribution in [2.24, 2.45) is 5.73 Å². The Hall–Kier alpha value is -1.22. The Morgan fingerprint density at radius 3 is 2.76 bits per heavy atom. The summed E-state index contributed by atoms with van der Waals surface area (Å²) in [4.78, 5) is 0. The molecule has 1 aromatic rings. The molecule has 0 unspecified atom stereocenters. The molecule has 1 aliphatic heterocycles. The van der Waals surface area contributed by atoms with Gasteiger partial charge in [0.2, 0.25) is 0 Å². The molecule has 1 aliphatic carbocycles. The average Bonchev–Trinajstić information content (AvgIpc) is 2.96. The molecule has 2 N–H and O–H groups in total. The van der Waals surface area contributed by atoms with Crippen LogP contribution >= 0.6 is 0 Å². The second-order valence-corrected chi connectivity index (χ2v) is 5.08. The van der Waals surface area contributed by atoms with Gasteiger partial charge < -0.3 is 15.2 Å². The van der Waals surface area contributed by atoms with Gasteiger partial charge in [-0.25, -0.2) is 0 Å². The quantitative estimate of drug-likeness (QED) is 0.852. The summed E-state index contributed by atoms with van der Waals surface area (Å²) in [5.74, 6) is 1.75. The highest BCUT2D eigenvalue weighted by Crippen LogP contribution is 2.45. The van der Waals surface area contributed by atoms with Crippen LogP contribution in [-0.4, -0.2) is 13.7 Å². The number of hydrogen-bond acceptors (Lipinski definition) is 3. The van der Waals surface area contributed by atoms with Crippen LogP contribution < -0.4 is 15.2 Å². The Balaban J connectivity index is 2.09. The minimum absolute atomic E-state index is 0.135. The first-order valence-corrected chi connectivity index (χ1v) is 6.37. The molecule has 1 aromatic carbocycles. The summed E-state index contributed by atoms with van der Waals surface area (Å²) >= 11 is 0. The molecule has 1 saturated carbocycles. The van der Waals surface area contributed by atoms with Crippen molar-refractivity contribution >= 4 is 0 Å². The van der Waals surface area contributed by atoms with Crippen molar-refractivity contribution in [3.63, 3.8) is 0 Å².